The Balaban J connectivity index is 1.41. The lowest BCUT2D eigenvalue weighted by Gasteiger charge is -2.30. The standard InChI is InChI=1S/C29H19F4N3O4S2/c30-16-10-12-17(13-11-16)34-20(37)14-35-27-24(42-28(35)40)21(15-6-2-1-3-7-15)22-23(41-27)26(39)36(25(22)38)19-9-5-4-8-18(19)29(31,32)33/h1-13,21-23H,14H2,(H,34,37). The van der Waals surface area contributed by atoms with Crippen LogP contribution >= 0.6 is 23.1 Å². The van der Waals surface area contributed by atoms with E-state index in [2.05, 4.69) is 5.32 Å². The van der Waals surface area contributed by atoms with E-state index in [0.717, 1.165) is 35.2 Å². The number of aromatic nitrogens is 1. The normalized spacial score (nSPS) is 19.9. The number of anilines is 2. The van der Waals surface area contributed by atoms with Crippen LogP contribution in [0.4, 0.5) is 28.9 Å². The van der Waals surface area contributed by atoms with Crippen LogP contribution in [0.5, 0.6) is 0 Å². The number of rotatable bonds is 5. The molecule has 2 aliphatic heterocycles. The van der Waals surface area contributed by atoms with Gasteiger partial charge in [0, 0.05) is 16.5 Å². The summed E-state index contributed by atoms with van der Waals surface area (Å²) in [6.07, 6.45) is -4.81. The van der Waals surface area contributed by atoms with Crippen molar-refractivity contribution in [1.82, 2.24) is 4.57 Å². The molecule has 1 fully saturated rings. The summed E-state index contributed by atoms with van der Waals surface area (Å²) in [6, 6.07) is 18.1. The molecule has 13 heteroatoms. The van der Waals surface area contributed by atoms with Gasteiger partial charge in [0.25, 0.3) is 0 Å². The zero-order valence-corrected chi connectivity index (χ0v) is 22.9. The lowest BCUT2D eigenvalue weighted by Crippen LogP contribution is -2.33. The molecule has 0 aliphatic carbocycles. The number of nitrogens with one attached hydrogen (secondary N) is 1. The quantitative estimate of drug-likeness (QED) is 0.237. The average Bonchev–Trinajstić information content (AvgIpc) is 3.40. The fourth-order valence-corrected chi connectivity index (χ4v) is 8.07. The van der Waals surface area contributed by atoms with E-state index < -0.39 is 69.5 Å². The Hall–Kier alpha value is -4.23. The third-order valence-corrected chi connectivity index (χ3v) is 9.69. The van der Waals surface area contributed by atoms with Crippen LogP contribution in [0.2, 0.25) is 0 Å². The number of para-hydroxylation sites is 1. The number of alkyl halides is 3. The number of imide groups is 1. The number of carbonyl (C=O) groups excluding carboxylic acids is 3. The number of benzene rings is 3. The molecule has 6 rings (SSSR count). The molecule has 7 nitrogen and oxygen atoms in total. The third kappa shape index (κ3) is 4.81. The molecular weight excluding hydrogens is 594 g/mol. The molecule has 3 atom stereocenters. The van der Waals surface area contributed by atoms with Crippen molar-refractivity contribution < 1.29 is 31.9 Å². The third-order valence-electron chi connectivity index (χ3n) is 7.09. The van der Waals surface area contributed by atoms with Crippen molar-refractivity contribution in [3.63, 3.8) is 0 Å². The molecule has 2 aliphatic rings. The van der Waals surface area contributed by atoms with Crippen molar-refractivity contribution in [2.75, 3.05) is 10.2 Å². The van der Waals surface area contributed by atoms with Gasteiger partial charge in [-0.05, 0) is 42.0 Å². The van der Waals surface area contributed by atoms with E-state index in [0.29, 0.717) is 26.1 Å². The Morgan fingerprint density at radius 1 is 0.881 bits per heavy atom. The highest BCUT2D eigenvalue weighted by molar-refractivity contribution is 8.00. The molecule has 0 spiro atoms. The first kappa shape index (κ1) is 27.9. The van der Waals surface area contributed by atoms with Gasteiger partial charge >= 0.3 is 11.0 Å². The Labute approximate surface area is 243 Å². The van der Waals surface area contributed by atoms with E-state index in [9.17, 15) is 36.7 Å². The van der Waals surface area contributed by atoms with E-state index in [1.807, 2.05) is 0 Å². The van der Waals surface area contributed by atoms with Crippen LogP contribution in [-0.4, -0.2) is 27.5 Å². The van der Waals surface area contributed by atoms with Crippen LogP contribution in [0.15, 0.2) is 88.7 Å². The van der Waals surface area contributed by atoms with Crippen LogP contribution in [0, 0.1) is 11.7 Å². The van der Waals surface area contributed by atoms with Gasteiger partial charge in [-0.25, -0.2) is 9.29 Å². The number of amides is 3. The predicted octanol–water partition coefficient (Wildman–Crippen LogP) is 5.50. The number of hydrogen-bond donors (Lipinski definition) is 1. The lowest BCUT2D eigenvalue weighted by molar-refractivity contribution is -0.137. The Bertz CT molecular complexity index is 1770. The molecule has 1 aromatic heterocycles. The Morgan fingerprint density at radius 2 is 1.55 bits per heavy atom. The Kier molecular flexibility index (Phi) is 7.01. The topological polar surface area (TPSA) is 88.5 Å². The minimum Gasteiger partial charge on any atom is -0.325 e. The molecule has 3 amide bonds. The minimum absolute atomic E-state index is 0.293. The number of thioether (sulfide) groups is 1. The molecule has 214 valence electrons. The van der Waals surface area contributed by atoms with Crippen LogP contribution in [-0.2, 0) is 27.1 Å². The van der Waals surface area contributed by atoms with E-state index in [1.54, 1.807) is 30.3 Å². The van der Waals surface area contributed by atoms with Gasteiger partial charge in [0.1, 0.15) is 17.6 Å². The van der Waals surface area contributed by atoms with Crippen LogP contribution in [0.3, 0.4) is 0 Å². The summed E-state index contributed by atoms with van der Waals surface area (Å²) in [4.78, 5) is 54.2. The molecule has 3 heterocycles. The second-order valence-corrected chi connectivity index (χ2v) is 11.8. The monoisotopic (exact) mass is 613 g/mol. The highest BCUT2D eigenvalue weighted by Gasteiger charge is 2.57. The first-order valence-electron chi connectivity index (χ1n) is 12.6. The summed E-state index contributed by atoms with van der Waals surface area (Å²) in [7, 11) is 0. The molecule has 4 aromatic rings. The van der Waals surface area contributed by atoms with E-state index in [4.69, 9.17) is 0 Å². The van der Waals surface area contributed by atoms with Crippen molar-refractivity contribution >= 4 is 52.2 Å². The molecule has 1 saturated heterocycles. The molecule has 42 heavy (non-hydrogen) atoms. The lowest BCUT2D eigenvalue weighted by atomic mass is 9.83. The van der Waals surface area contributed by atoms with E-state index in [1.165, 1.54) is 41.0 Å². The second-order valence-electron chi connectivity index (χ2n) is 9.66. The summed E-state index contributed by atoms with van der Waals surface area (Å²) in [5.41, 5.74) is -0.758. The maximum absolute atomic E-state index is 13.9. The predicted molar refractivity (Wildman–Crippen MR) is 149 cm³/mol. The van der Waals surface area contributed by atoms with Gasteiger partial charge in [-0.15, -0.1) is 0 Å². The first-order chi connectivity index (χ1) is 20.0. The molecule has 0 bridgehead atoms. The van der Waals surface area contributed by atoms with Gasteiger partial charge in [0.15, 0.2) is 0 Å². The number of hydrogen-bond acceptors (Lipinski definition) is 6. The van der Waals surface area contributed by atoms with Crippen LogP contribution in [0.25, 0.3) is 0 Å². The molecule has 3 aromatic carbocycles. The summed E-state index contributed by atoms with van der Waals surface area (Å²) in [5, 5.41) is 1.74. The maximum atomic E-state index is 13.9. The molecule has 1 N–H and O–H groups in total. The van der Waals surface area contributed by atoms with Crippen LogP contribution in [0.1, 0.15) is 21.9 Å². The Morgan fingerprint density at radius 3 is 2.24 bits per heavy atom. The summed E-state index contributed by atoms with van der Waals surface area (Å²) in [6.45, 7) is -0.434. The summed E-state index contributed by atoms with van der Waals surface area (Å²) in [5.74, 6) is -4.60. The zero-order valence-electron chi connectivity index (χ0n) is 21.3. The van der Waals surface area contributed by atoms with Gasteiger partial charge in [-0.2, -0.15) is 13.2 Å². The van der Waals surface area contributed by atoms with Crippen molar-refractivity contribution in [2.45, 2.75) is 28.9 Å². The zero-order chi connectivity index (χ0) is 29.8. The molecular formula is C29H19F4N3O4S2. The SMILES string of the molecule is O=C(Cn1c2c(sc1=O)C(c1ccccc1)C1C(=O)N(c3ccccc3C(F)(F)F)C(=O)C1S2)Nc1ccc(F)cc1. The number of thiazole rings is 1. The van der Waals surface area contributed by atoms with Gasteiger partial charge in [0.05, 0.1) is 22.2 Å². The number of nitrogens with zero attached hydrogens (tertiary/aromatic N) is 2. The van der Waals surface area contributed by atoms with Crippen molar-refractivity contribution in [2.24, 2.45) is 5.92 Å². The fourth-order valence-electron chi connectivity index (χ4n) is 5.30. The van der Waals surface area contributed by atoms with Crippen LogP contribution < -0.4 is 15.1 Å². The van der Waals surface area contributed by atoms with Crippen molar-refractivity contribution in [3.05, 3.63) is 110 Å². The van der Waals surface area contributed by atoms with Crippen molar-refractivity contribution in [3.8, 4) is 0 Å². The summed E-state index contributed by atoms with van der Waals surface area (Å²) >= 11 is 1.72. The number of fused-ring (bicyclic) bond motifs is 2. The van der Waals surface area contributed by atoms with E-state index >= 15 is 0 Å². The van der Waals surface area contributed by atoms with Gasteiger partial charge in [-0.3, -0.25) is 23.7 Å². The molecule has 0 saturated carbocycles. The largest absolute Gasteiger partial charge is 0.418 e. The molecule has 3 unspecified atom stereocenters. The maximum Gasteiger partial charge on any atom is 0.418 e. The summed E-state index contributed by atoms with van der Waals surface area (Å²) < 4.78 is 56.1. The smallest absolute Gasteiger partial charge is 0.325 e. The first-order valence-corrected chi connectivity index (χ1v) is 14.3. The van der Waals surface area contributed by atoms with Crippen molar-refractivity contribution in [1.29, 1.82) is 0 Å². The number of carbonyl (C=O) groups is 3. The van der Waals surface area contributed by atoms with Gasteiger partial charge in [-0.1, -0.05) is 65.6 Å². The highest BCUT2D eigenvalue weighted by Crippen LogP contribution is 2.54. The minimum atomic E-state index is -4.81. The number of halogens is 4. The van der Waals surface area contributed by atoms with E-state index in [-0.39, 0.29) is 0 Å². The highest BCUT2D eigenvalue weighted by atomic mass is 32.2. The fraction of sp³-hybridized carbons (Fsp3) is 0.172. The average molecular weight is 614 g/mol. The molecule has 0 radical (unpaired) electrons. The van der Waals surface area contributed by atoms with Gasteiger partial charge in [0.2, 0.25) is 17.7 Å². The van der Waals surface area contributed by atoms with Gasteiger partial charge < -0.3 is 5.32 Å². The second kappa shape index (κ2) is 10.6.